The van der Waals surface area contributed by atoms with Gasteiger partial charge in [0.2, 0.25) is 0 Å². The molecule has 1 aromatic carbocycles. The summed E-state index contributed by atoms with van der Waals surface area (Å²) in [6, 6.07) is 6.72. The van der Waals surface area contributed by atoms with E-state index in [-0.39, 0.29) is 5.82 Å². The van der Waals surface area contributed by atoms with Crippen LogP contribution in [0.5, 0.6) is 0 Å². The summed E-state index contributed by atoms with van der Waals surface area (Å²) in [5.74, 6) is 0.475. The molecule has 1 N–H and O–H groups in total. The van der Waals surface area contributed by atoms with E-state index >= 15 is 0 Å². The minimum Gasteiger partial charge on any atom is -0.340 e. The fourth-order valence-corrected chi connectivity index (χ4v) is 2.21. The first-order valence-corrected chi connectivity index (χ1v) is 6.49. The number of anilines is 2. The van der Waals surface area contributed by atoms with Gasteiger partial charge >= 0.3 is 0 Å². The number of benzene rings is 1. The molecule has 0 fully saturated rings. The normalized spacial score (nSPS) is 10.4. The van der Waals surface area contributed by atoms with E-state index in [1.165, 1.54) is 6.07 Å². The van der Waals surface area contributed by atoms with E-state index in [2.05, 4.69) is 42.2 Å². The van der Waals surface area contributed by atoms with Crippen molar-refractivity contribution in [1.82, 2.24) is 4.98 Å². The topological polar surface area (TPSA) is 24.9 Å². The lowest BCUT2D eigenvalue weighted by atomic mass is 10.2. The van der Waals surface area contributed by atoms with Crippen LogP contribution in [0.3, 0.4) is 0 Å². The van der Waals surface area contributed by atoms with Crippen molar-refractivity contribution in [3.8, 4) is 0 Å². The molecule has 0 spiro atoms. The van der Waals surface area contributed by atoms with Gasteiger partial charge in [-0.25, -0.2) is 9.37 Å². The van der Waals surface area contributed by atoms with E-state index in [0.717, 1.165) is 21.5 Å². The Bertz CT molecular complexity index is 558. The van der Waals surface area contributed by atoms with Gasteiger partial charge in [-0.3, -0.25) is 0 Å². The molecule has 88 valence electrons. The van der Waals surface area contributed by atoms with Crippen molar-refractivity contribution < 1.29 is 4.39 Å². The van der Waals surface area contributed by atoms with E-state index in [1.807, 2.05) is 13.0 Å². The number of nitrogens with zero attached hydrogens (tertiary/aromatic N) is 1. The van der Waals surface area contributed by atoms with Gasteiger partial charge in [-0.15, -0.1) is 0 Å². The van der Waals surface area contributed by atoms with Crippen LogP contribution in [0.2, 0.25) is 0 Å². The summed E-state index contributed by atoms with van der Waals surface area (Å²) in [5, 5.41) is 3.14. The average molecular weight is 360 g/mol. The molecular formula is C12H9Br2FN2. The van der Waals surface area contributed by atoms with Crippen LogP contribution in [-0.4, -0.2) is 4.98 Å². The maximum atomic E-state index is 13.1. The van der Waals surface area contributed by atoms with Crippen LogP contribution in [0.25, 0.3) is 0 Å². The highest BCUT2D eigenvalue weighted by atomic mass is 79.9. The van der Waals surface area contributed by atoms with Gasteiger partial charge in [0, 0.05) is 16.4 Å². The molecule has 2 rings (SSSR count). The zero-order valence-electron chi connectivity index (χ0n) is 8.97. The van der Waals surface area contributed by atoms with Crippen LogP contribution in [0.15, 0.2) is 39.4 Å². The lowest BCUT2D eigenvalue weighted by Gasteiger charge is -2.09. The third kappa shape index (κ3) is 3.04. The van der Waals surface area contributed by atoms with Gasteiger partial charge in [0.25, 0.3) is 0 Å². The highest BCUT2D eigenvalue weighted by molar-refractivity contribution is 9.10. The molecular weight excluding hydrogens is 351 g/mol. The van der Waals surface area contributed by atoms with E-state index in [9.17, 15) is 4.39 Å². The smallest absolute Gasteiger partial charge is 0.137 e. The Balaban J connectivity index is 2.28. The Labute approximate surface area is 116 Å². The van der Waals surface area contributed by atoms with E-state index in [4.69, 9.17) is 0 Å². The molecule has 0 saturated heterocycles. The van der Waals surface area contributed by atoms with Crippen molar-refractivity contribution in [2.45, 2.75) is 6.92 Å². The molecule has 0 atom stereocenters. The van der Waals surface area contributed by atoms with Gasteiger partial charge < -0.3 is 5.32 Å². The Hall–Kier alpha value is -0.940. The van der Waals surface area contributed by atoms with Crippen LogP contribution in [0.1, 0.15) is 5.56 Å². The van der Waals surface area contributed by atoms with Crippen LogP contribution >= 0.6 is 31.9 Å². The predicted molar refractivity (Wildman–Crippen MR) is 74.1 cm³/mol. The molecule has 1 aromatic heterocycles. The van der Waals surface area contributed by atoms with Gasteiger partial charge in [-0.2, -0.15) is 0 Å². The summed E-state index contributed by atoms with van der Waals surface area (Å²) in [5.41, 5.74) is 1.80. The summed E-state index contributed by atoms with van der Waals surface area (Å²) < 4.78 is 14.4. The summed E-state index contributed by atoms with van der Waals surface area (Å²) in [4.78, 5) is 4.26. The second kappa shape index (κ2) is 5.14. The second-order valence-corrected chi connectivity index (χ2v) is 5.34. The zero-order chi connectivity index (χ0) is 12.4. The minimum atomic E-state index is -0.281. The zero-order valence-corrected chi connectivity index (χ0v) is 12.1. The summed E-state index contributed by atoms with van der Waals surface area (Å²) in [7, 11) is 0. The van der Waals surface area contributed by atoms with Crippen LogP contribution < -0.4 is 5.32 Å². The molecule has 1 heterocycles. The number of halogens is 3. The Kier molecular flexibility index (Phi) is 3.79. The molecule has 0 aliphatic carbocycles. The van der Waals surface area contributed by atoms with Crippen molar-refractivity contribution in [2.75, 3.05) is 5.32 Å². The summed E-state index contributed by atoms with van der Waals surface area (Å²) >= 11 is 6.50. The highest BCUT2D eigenvalue weighted by Gasteiger charge is 2.04. The number of aromatic nitrogens is 1. The summed E-state index contributed by atoms with van der Waals surface area (Å²) in [6.45, 7) is 1.96. The SMILES string of the molecule is Cc1cc(Br)cnc1Nc1ccc(F)c(Br)c1. The van der Waals surface area contributed by atoms with Crippen molar-refractivity contribution in [3.63, 3.8) is 0 Å². The van der Waals surface area contributed by atoms with Crippen molar-refractivity contribution >= 4 is 43.4 Å². The minimum absolute atomic E-state index is 0.281. The standard InChI is InChI=1S/C12H9Br2FN2/c1-7-4-8(13)6-16-12(7)17-9-2-3-11(15)10(14)5-9/h2-6H,1H3,(H,16,17). The third-order valence-electron chi connectivity index (χ3n) is 2.23. The number of rotatable bonds is 2. The molecule has 0 unspecified atom stereocenters. The molecule has 17 heavy (non-hydrogen) atoms. The number of hydrogen-bond acceptors (Lipinski definition) is 2. The maximum absolute atomic E-state index is 13.1. The molecule has 0 bridgehead atoms. The van der Waals surface area contributed by atoms with E-state index < -0.39 is 0 Å². The van der Waals surface area contributed by atoms with Crippen molar-refractivity contribution in [1.29, 1.82) is 0 Å². The molecule has 0 radical (unpaired) electrons. The Morgan fingerprint density at radius 3 is 2.65 bits per heavy atom. The molecule has 0 saturated carbocycles. The quantitative estimate of drug-likeness (QED) is 0.833. The fraction of sp³-hybridized carbons (Fsp3) is 0.0833. The molecule has 2 nitrogen and oxygen atoms in total. The van der Waals surface area contributed by atoms with Gasteiger partial charge in [0.15, 0.2) is 0 Å². The lowest BCUT2D eigenvalue weighted by Crippen LogP contribution is -1.96. The van der Waals surface area contributed by atoms with Gasteiger partial charge in [0.05, 0.1) is 4.47 Å². The number of nitrogens with one attached hydrogen (secondary N) is 1. The van der Waals surface area contributed by atoms with Gasteiger partial charge in [-0.05, 0) is 68.6 Å². The predicted octanol–water partition coefficient (Wildman–Crippen LogP) is 4.80. The highest BCUT2D eigenvalue weighted by Crippen LogP contribution is 2.24. The first-order valence-electron chi connectivity index (χ1n) is 4.90. The fourth-order valence-electron chi connectivity index (χ4n) is 1.38. The van der Waals surface area contributed by atoms with E-state index in [0.29, 0.717) is 4.47 Å². The second-order valence-electron chi connectivity index (χ2n) is 3.57. The van der Waals surface area contributed by atoms with Gasteiger partial charge in [-0.1, -0.05) is 0 Å². The Morgan fingerprint density at radius 1 is 1.24 bits per heavy atom. The molecule has 5 heteroatoms. The number of aryl methyl sites for hydroxylation is 1. The molecule has 0 aliphatic rings. The van der Waals surface area contributed by atoms with Crippen molar-refractivity contribution in [2.24, 2.45) is 0 Å². The molecule has 0 aliphatic heterocycles. The molecule has 2 aromatic rings. The van der Waals surface area contributed by atoms with Crippen LogP contribution in [0, 0.1) is 12.7 Å². The summed E-state index contributed by atoms with van der Waals surface area (Å²) in [6.07, 6.45) is 1.72. The number of hydrogen-bond donors (Lipinski definition) is 1. The van der Waals surface area contributed by atoms with Crippen LogP contribution in [0.4, 0.5) is 15.9 Å². The Morgan fingerprint density at radius 2 is 2.00 bits per heavy atom. The first kappa shape index (κ1) is 12.5. The van der Waals surface area contributed by atoms with Gasteiger partial charge in [0.1, 0.15) is 11.6 Å². The van der Waals surface area contributed by atoms with Crippen molar-refractivity contribution in [3.05, 3.63) is 50.8 Å². The van der Waals surface area contributed by atoms with E-state index in [1.54, 1.807) is 18.3 Å². The van der Waals surface area contributed by atoms with Crippen LogP contribution in [-0.2, 0) is 0 Å². The lowest BCUT2D eigenvalue weighted by molar-refractivity contribution is 0.621. The maximum Gasteiger partial charge on any atom is 0.137 e. The number of pyridine rings is 1. The first-order chi connectivity index (χ1) is 8.06. The molecule has 0 amide bonds. The largest absolute Gasteiger partial charge is 0.340 e. The monoisotopic (exact) mass is 358 g/mol. The third-order valence-corrected chi connectivity index (χ3v) is 3.27. The average Bonchev–Trinajstić information content (AvgIpc) is 2.27.